The Morgan fingerprint density at radius 1 is 1.13 bits per heavy atom. The Morgan fingerprint density at radius 2 is 1.83 bits per heavy atom. The maximum Gasteiger partial charge on any atom is 0.280 e. The van der Waals surface area contributed by atoms with Crippen molar-refractivity contribution < 1.29 is 4.79 Å². The third-order valence-corrected chi connectivity index (χ3v) is 3.79. The Kier molecular flexibility index (Phi) is 4.38. The average Bonchev–Trinajstić information content (AvgIpc) is 2.91. The van der Waals surface area contributed by atoms with Crippen molar-refractivity contribution in [3.8, 4) is 0 Å². The van der Waals surface area contributed by atoms with Crippen LogP contribution < -0.4 is 11.1 Å². The minimum atomic E-state index is -0.379. The highest BCUT2D eigenvalue weighted by atomic mass is 79.9. The first-order valence-electron chi connectivity index (χ1n) is 6.93. The van der Waals surface area contributed by atoms with Gasteiger partial charge in [-0.2, -0.15) is 0 Å². The van der Waals surface area contributed by atoms with Crippen LogP contribution in [-0.4, -0.2) is 20.9 Å². The fourth-order valence-corrected chi connectivity index (χ4v) is 2.34. The standard InChI is InChI=1S/C16H14BrN5O/c17-12-8-6-11(7-9-12)10-22-15(18)14(20-21-22)16(23)19-13-4-2-1-3-5-13/h1-9H,10,18H2,(H,19,23). The van der Waals surface area contributed by atoms with Crippen molar-refractivity contribution in [3.63, 3.8) is 0 Å². The van der Waals surface area contributed by atoms with Gasteiger partial charge in [0.2, 0.25) is 0 Å². The maximum atomic E-state index is 12.2. The summed E-state index contributed by atoms with van der Waals surface area (Å²) in [7, 11) is 0. The third-order valence-electron chi connectivity index (χ3n) is 3.27. The summed E-state index contributed by atoms with van der Waals surface area (Å²) in [5, 5.41) is 10.6. The number of benzene rings is 2. The van der Waals surface area contributed by atoms with Gasteiger partial charge in [0.15, 0.2) is 11.5 Å². The summed E-state index contributed by atoms with van der Waals surface area (Å²) >= 11 is 3.39. The molecule has 0 aliphatic heterocycles. The molecule has 2 aromatic carbocycles. The monoisotopic (exact) mass is 371 g/mol. The normalized spacial score (nSPS) is 10.5. The lowest BCUT2D eigenvalue weighted by Gasteiger charge is -2.05. The number of amides is 1. The summed E-state index contributed by atoms with van der Waals surface area (Å²) in [6, 6.07) is 16.9. The van der Waals surface area contributed by atoms with Gasteiger partial charge in [-0.05, 0) is 29.8 Å². The van der Waals surface area contributed by atoms with Crippen molar-refractivity contribution in [3.05, 3.63) is 70.3 Å². The Bertz CT molecular complexity index is 814. The molecule has 0 spiro atoms. The predicted molar refractivity (Wildman–Crippen MR) is 92.1 cm³/mol. The summed E-state index contributed by atoms with van der Waals surface area (Å²) in [5.74, 6) is -0.142. The highest BCUT2D eigenvalue weighted by Crippen LogP contribution is 2.15. The number of nitrogens with two attached hydrogens (primary N) is 1. The second-order valence-corrected chi connectivity index (χ2v) is 5.84. The zero-order valence-corrected chi connectivity index (χ0v) is 13.7. The number of nitrogen functional groups attached to an aromatic ring is 1. The van der Waals surface area contributed by atoms with Crippen LogP contribution in [0.25, 0.3) is 0 Å². The van der Waals surface area contributed by atoms with Crippen LogP contribution in [0, 0.1) is 0 Å². The predicted octanol–water partition coefficient (Wildman–Crippen LogP) is 2.92. The average molecular weight is 372 g/mol. The molecule has 1 amide bonds. The number of anilines is 2. The van der Waals surface area contributed by atoms with E-state index >= 15 is 0 Å². The minimum absolute atomic E-state index is 0.117. The fraction of sp³-hybridized carbons (Fsp3) is 0.0625. The second-order valence-electron chi connectivity index (χ2n) is 4.93. The van der Waals surface area contributed by atoms with E-state index in [-0.39, 0.29) is 17.4 Å². The summed E-state index contributed by atoms with van der Waals surface area (Å²) < 4.78 is 2.50. The molecule has 0 saturated carbocycles. The molecule has 0 unspecified atom stereocenters. The molecule has 3 aromatic rings. The summed E-state index contributed by atoms with van der Waals surface area (Å²) in [4.78, 5) is 12.2. The minimum Gasteiger partial charge on any atom is -0.382 e. The highest BCUT2D eigenvalue weighted by molar-refractivity contribution is 9.10. The number of carbonyl (C=O) groups excluding carboxylic acids is 1. The quantitative estimate of drug-likeness (QED) is 0.738. The van der Waals surface area contributed by atoms with E-state index in [1.165, 1.54) is 4.68 Å². The molecule has 0 aliphatic carbocycles. The van der Waals surface area contributed by atoms with Crippen LogP contribution in [0.15, 0.2) is 59.1 Å². The Morgan fingerprint density at radius 3 is 2.52 bits per heavy atom. The van der Waals surface area contributed by atoms with Crippen molar-refractivity contribution >= 4 is 33.3 Å². The highest BCUT2D eigenvalue weighted by Gasteiger charge is 2.17. The number of hydrogen-bond acceptors (Lipinski definition) is 4. The number of nitrogens with one attached hydrogen (secondary N) is 1. The number of para-hydroxylation sites is 1. The van der Waals surface area contributed by atoms with Crippen molar-refractivity contribution in [2.45, 2.75) is 6.54 Å². The van der Waals surface area contributed by atoms with E-state index in [1.54, 1.807) is 12.1 Å². The Balaban J connectivity index is 1.76. The van der Waals surface area contributed by atoms with Gasteiger partial charge < -0.3 is 11.1 Å². The van der Waals surface area contributed by atoms with Crippen LogP contribution in [0.5, 0.6) is 0 Å². The van der Waals surface area contributed by atoms with E-state index in [0.717, 1.165) is 10.0 Å². The van der Waals surface area contributed by atoms with E-state index in [2.05, 4.69) is 31.6 Å². The lowest BCUT2D eigenvalue weighted by molar-refractivity contribution is 0.102. The number of hydrogen-bond donors (Lipinski definition) is 2. The Labute approximate surface area is 141 Å². The van der Waals surface area contributed by atoms with Gasteiger partial charge in [0.05, 0.1) is 6.54 Å². The molecule has 0 radical (unpaired) electrons. The molecule has 116 valence electrons. The van der Waals surface area contributed by atoms with Gasteiger partial charge in [0.1, 0.15) is 0 Å². The largest absolute Gasteiger partial charge is 0.382 e. The van der Waals surface area contributed by atoms with Gasteiger partial charge in [0, 0.05) is 10.2 Å². The molecule has 6 nitrogen and oxygen atoms in total. The SMILES string of the molecule is Nc1c(C(=O)Nc2ccccc2)nnn1Cc1ccc(Br)cc1. The van der Waals surface area contributed by atoms with Crippen LogP contribution in [0.4, 0.5) is 11.5 Å². The first kappa shape index (κ1) is 15.2. The number of aromatic nitrogens is 3. The fourth-order valence-electron chi connectivity index (χ4n) is 2.07. The first-order valence-corrected chi connectivity index (χ1v) is 7.72. The van der Waals surface area contributed by atoms with Gasteiger partial charge >= 0.3 is 0 Å². The van der Waals surface area contributed by atoms with E-state index in [4.69, 9.17) is 5.73 Å². The number of carbonyl (C=O) groups is 1. The van der Waals surface area contributed by atoms with Crippen molar-refractivity contribution in [2.75, 3.05) is 11.1 Å². The van der Waals surface area contributed by atoms with E-state index in [1.807, 2.05) is 42.5 Å². The number of rotatable bonds is 4. The van der Waals surface area contributed by atoms with Crippen LogP contribution in [0.2, 0.25) is 0 Å². The molecule has 0 fully saturated rings. The summed E-state index contributed by atoms with van der Waals surface area (Å²) in [6.45, 7) is 0.449. The second kappa shape index (κ2) is 6.62. The molecule has 0 bridgehead atoms. The van der Waals surface area contributed by atoms with Crippen molar-refractivity contribution in [2.24, 2.45) is 0 Å². The number of halogens is 1. The first-order chi connectivity index (χ1) is 11.1. The Hall–Kier alpha value is -2.67. The van der Waals surface area contributed by atoms with Gasteiger partial charge in [-0.3, -0.25) is 4.79 Å². The molecule has 3 rings (SSSR count). The zero-order chi connectivity index (χ0) is 16.2. The van der Waals surface area contributed by atoms with Gasteiger partial charge in [-0.15, -0.1) is 5.10 Å². The molecule has 0 saturated heterocycles. The summed E-state index contributed by atoms with van der Waals surface area (Å²) in [5.41, 5.74) is 7.81. The van der Waals surface area contributed by atoms with Gasteiger partial charge in [-0.1, -0.05) is 51.5 Å². The van der Waals surface area contributed by atoms with Crippen LogP contribution in [0.1, 0.15) is 16.1 Å². The van der Waals surface area contributed by atoms with E-state index in [0.29, 0.717) is 12.2 Å². The van der Waals surface area contributed by atoms with Crippen LogP contribution >= 0.6 is 15.9 Å². The van der Waals surface area contributed by atoms with Gasteiger partial charge in [-0.25, -0.2) is 4.68 Å². The molecule has 0 aliphatic rings. The molecule has 23 heavy (non-hydrogen) atoms. The molecule has 1 aromatic heterocycles. The van der Waals surface area contributed by atoms with Crippen molar-refractivity contribution in [1.82, 2.24) is 15.0 Å². The van der Waals surface area contributed by atoms with Crippen LogP contribution in [-0.2, 0) is 6.54 Å². The number of nitrogens with zero attached hydrogens (tertiary/aromatic N) is 3. The molecule has 1 heterocycles. The molecule has 3 N–H and O–H groups in total. The van der Waals surface area contributed by atoms with Crippen LogP contribution in [0.3, 0.4) is 0 Å². The summed E-state index contributed by atoms with van der Waals surface area (Å²) in [6.07, 6.45) is 0. The molecule has 0 atom stereocenters. The topological polar surface area (TPSA) is 85.8 Å². The maximum absolute atomic E-state index is 12.2. The van der Waals surface area contributed by atoms with E-state index < -0.39 is 0 Å². The smallest absolute Gasteiger partial charge is 0.280 e. The lowest BCUT2D eigenvalue weighted by Crippen LogP contribution is -2.15. The van der Waals surface area contributed by atoms with Gasteiger partial charge in [0.25, 0.3) is 5.91 Å². The molecular formula is C16H14BrN5O. The molecule has 7 heteroatoms. The lowest BCUT2D eigenvalue weighted by atomic mass is 10.2. The van der Waals surface area contributed by atoms with E-state index in [9.17, 15) is 4.79 Å². The molecular weight excluding hydrogens is 358 g/mol. The third kappa shape index (κ3) is 3.57. The van der Waals surface area contributed by atoms with Crippen molar-refractivity contribution in [1.29, 1.82) is 0 Å². The zero-order valence-electron chi connectivity index (χ0n) is 12.1.